The Morgan fingerprint density at radius 1 is 1.23 bits per heavy atom. The van der Waals surface area contributed by atoms with Crippen LogP contribution < -0.4 is 4.74 Å². The van der Waals surface area contributed by atoms with Crippen LogP contribution in [-0.2, 0) is 0 Å². The summed E-state index contributed by atoms with van der Waals surface area (Å²) in [6, 6.07) is 17.0. The number of rotatable bonds is 7. The second kappa shape index (κ2) is 8.62. The zero-order valence-corrected chi connectivity index (χ0v) is 16.9. The fraction of sp³-hybridized carbons (Fsp3) is 0.211. The number of Topliss-reactive ketones (excluding diaryl/α,β-unsaturated/α-hetero) is 1. The Hall–Kier alpha value is -1.96. The number of para-hydroxylation sites is 1. The number of thioether (sulfide) groups is 1. The summed E-state index contributed by atoms with van der Waals surface area (Å²) in [5.41, 5.74) is 1.60. The van der Waals surface area contributed by atoms with Gasteiger partial charge in [0.25, 0.3) is 0 Å². The summed E-state index contributed by atoms with van der Waals surface area (Å²) >= 11 is 8.34. The van der Waals surface area contributed by atoms with Crippen molar-refractivity contribution in [1.29, 1.82) is 0 Å². The molecular weight excluding hydrogens is 384 g/mol. The van der Waals surface area contributed by atoms with Gasteiger partial charge in [-0.2, -0.15) is 0 Å². The van der Waals surface area contributed by atoms with E-state index >= 15 is 0 Å². The molecule has 1 aromatic heterocycles. The van der Waals surface area contributed by atoms with Crippen LogP contribution in [0.4, 0.5) is 0 Å². The van der Waals surface area contributed by atoms with Gasteiger partial charge in [0.1, 0.15) is 5.75 Å². The van der Waals surface area contributed by atoms with Gasteiger partial charge in [0, 0.05) is 5.56 Å². The van der Waals surface area contributed by atoms with Crippen molar-refractivity contribution in [2.24, 2.45) is 0 Å². The predicted molar refractivity (Wildman–Crippen MR) is 110 cm³/mol. The summed E-state index contributed by atoms with van der Waals surface area (Å²) < 4.78 is 8.36. The van der Waals surface area contributed by atoms with E-state index in [1.807, 2.05) is 37.3 Å². The van der Waals surface area contributed by atoms with Crippen LogP contribution in [0.2, 0.25) is 0 Å². The molecule has 0 fully saturated rings. The molecule has 1 unspecified atom stereocenters. The molecule has 0 saturated carbocycles. The van der Waals surface area contributed by atoms with Gasteiger partial charge >= 0.3 is 0 Å². The van der Waals surface area contributed by atoms with Crippen molar-refractivity contribution in [3.8, 4) is 11.4 Å². The van der Waals surface area contributed by atoms with Gasteiger partial charge in [0.15, 0.2) is 14.1 Å². The van der Waals surface area contributed by atoms with Crippen LogP contribution in [0.15, 0.2) is 58.9 Å². The van der Waals surface area contributed by atoms with Crippen LogP contribution in [0.5, 0.6) is 5.75 Å². The van der Waals surface area contributed by atoms with Gasteiger partial charge in [-0.1, -0.05) is 48.2 Å². The van der Waals surface area contributed by atoms with E-state index in [1.165, 1.54) is 23.1 Å². The first-order valence-electron chi connectivity index (χ1n) is 8.13. The lowest BCUT2D eigenvalue weighted by atomic mass is 10.1. The molecule has 1 heterocycles. The minimum atomic E-state index is -0.201. The molecule has 0 aliphatic carbocycles. The molecule has 0 radical (unpaired) electrons. The molecule has 7 heteroatoms. The van der Waals surface area contributed by atoms with Gasteiger partial charge in [-0.15, -0.1) is 5.10 Å². The number of methoxy groups -OCH3 is 1. The van der Waals surface area contributed by atoms with Crippen molar-refractivity contribution in [2.45, 2.75) is 22.9 Å². The predicted octanol–water partition coefficient (Wildman–Crippen LogP) is 5.43. The van der Waals surface area contributed by atoms with Gasteiger partial charge in [-0.25, -0.2) is 4.68 Å². The third-order valence-corrected chi connectivity index (χ3v) is 6.49. The Morgan fingerprint density at radius 2 is 1.92 bits per heavy atom. The second-order valence-electron chi connectivity index (χ2n) is 5.49. The standard InChI is InChI=1S/C19H18N2O2S3/c1-3-16(17(22)13-9-11-15(23-2)12-10-13)25-18-20-21(19(24)26-18)14-7-5-4-6-8-14/h4-12,16H,3H2,1-2H3. The van der Waals surface area contributed by atoms with Crippen LogP contribution >= 0.6 is 35.3 Å². The van der Waals surface area contributed by atoms with E-state index in [9.17, 15) is 4.79 Å². The summed E-state index contributed by atoms with van der Waals surface area (Å²) in [6.07, 6.45) is 0.715. The molecule has 0 N–H and O–H groups in total. The zero-order valence-electron chi connectivity index (χ0n) is 14.4. The van der Waals surface area contributed by atoms with Crippen LogP contribution in [0.3, 0.4) is 0 Å². The highest BCUT2D eigenvalue weighted by molar-refractivity contribution is 8.02. The topological polar surface area (TPSA) is 44.1 Å². The third-order valence-electron chi connectivity index (χ3n) is 3.81. The number of carbonyl (C=O) groups is 1. The second-order valence-corrected chi connectivity index (χ2v) is 8.56. The first-order valence-corrected chi connectivity index (χ1v) is 10.2. The lowest BCUT2D eigenvalue weighted by Gasteiger charge is -2.12. The van der Waals surface area contributed by atoms with Crippen LogP contribution in [0.1, 0.15) is 23.7 Å². The van der Waals surface area contributed by atoms with Crippen molar-refractivity contribution in [3.05, 3.63) is 64.1 Å². The van der Waals surface area contributed by atoms with Crippen molar-refractivity contribution in [1.82, 2.24) is 9.78 Å². The molecule has 2 aromatic carbocycles. The largest absolute Gasteiger partial charge is 0.497 e. The number of carbonyl (C=O) groups excluding carboxylic acids is 1. The summed E-state index contributed by atoms with van der Waals surface area (Å²) in [4.78, 5) is 12.8. The molecule has 1 atom stereocenters. The molecule has 0 amide bonds. The average Bonchev–Trinajstić information content (AvgIpc) is 3.06. The molecular formula is C19H18N2O2S3. The fourth-order valence-electron chi connectivity index (χ4n) is 2.43. The first-order chi connectivity index (χ1) is 12.6. The molecule has 4 nitrogen and oxygen atoms in total. The molecule has 3 aromatic rings. The molecule has 0 bridgehead atoms. The fourth-order valence-corrected chi connectivity index (χ4v) is 5.03. The maximum Gasteiger partial charge on any atom is 0.184 e. The third kappa shape index (κ3) is 4.23. The number of hydrogen-bond donors (Lipinski definition) is 0. The normalized spacial score (nSPS) is 11.9. The smallest absolute Gasteiger partial charge is 0.184 e. The monoisotopic (exact) mass is 402 g/mol. The number of aromatic nitrogens is 2. The van der Waals surface area contributed by atoms with Crippen molar-refractivity contribution < 1.29 is 9.53 Å². The number of ketones is 1. The van der Waals surface area contributed by atoms with Gasteiger partial charge in [0.2, 0.25) is 0 Å². The van der Waals surface area contributed by atoms with E-state index in [0.29, 0.717) is 15.9 Å². The minimum absolute atomic E-state index is 0.0903. The Morgan fingerprint density at radius 3 is 2.54 bits per heavy atom. The van der Waals surface area contributed by atoms with Crippen molar-refractivity contribution in [2.75, 3.05) is 7.11 Å². The zero-order chi connectivity index (χ0) is 18.5. The van der Waals surface area contributed by atoms with Gasteiger partial charge in [-0.3, -0.25) is 4.79 Å². The first kappa shape index (κ1) is 18.8. The van der Waals surface area contributed by atoms with E-state index in [2.05, 4.69) is 5.10 Å². The molecule has 0 aliphatic heterocycles. The summed E-state index contributed by atoms with van der Waals surface area (Å²) in [6.45, 7) is 2.01. The van der Waals surface area contributed by atoms with Crippen LogP contribution in [0, 0.1) is 3.95 Å². The summed E-state index contributed by atoms with van der Waals surface area (Å²) in [5.74, 6) is 0.828. The molecule has 134 valence electrons. The van der Waals surface area contributed by atoms with E-state index in [0.717, 1.165) is 15.8 Å². The number of nitrogens with zero attached hydrogens (tertiary/aromatic N) is 2. The SMILES string of the molecule is CCC(Sc1nn(-c2ccccc2)c(=S)s1)C(=O)c1ccc(OC)cc1. The van der Waals surface area contributed by atoms with Crippen LogP contribution in [-0.4, -0.2) is 27.9 Å². The molecule has 0 saturated heterocycles. The maximum atomic E-state index is 12.8. The minimum Gasteiger partial charge on any atom is -0.497 e. The highest BCUT2D eigenvalue weighted by atomic mass is 32.2. The molecule has 0 aliphatic rings. The average molecular weight is 403 g/mol. The van der Waals surface area contributed by atoms with Crippen LogP contribution in [0.25, 0.3) is 5.69 Å². The van der Waals surface area contributed by atoms with E-state index in [1.54, 1.807) is 36.1 Å². The van der Waals surface area contributed by atoms with E-state index in [-0.39, 0.29) is 11.0 Å². The lowest BCUT2D eigenvalue weighted by Crippen LogP contribution is -2.16. The highest BCUT2D eigenvalue weighted by Gasteiger charge is 2.22. The Balaban J connectivity index is 1.80. The molecule has 0 spiro atoms. The van der Waals surface area contributed by atoms with Gasteiger partial charge in [0.05, 0.1) is 18.0 Å². The van der Waals surface area contributed by atoms with E-state index < -0.39 is 0 Å². The quantitative estimate of drug-likeness (QED) is 0.300. The Labute approximate surface area is 165 Å². The summed E-state index contributed by atoms with van der Waals surface area (Å²) in [5, 5.41) is 4.39. The highest BCUT2D eigenvalue weighted by Crippen LogP contribution is 2.31. The van der Waals surface area contributed by atoms with Gasteiger partial charge < -0.3 is 4.74 Å². The van der Waals surface area contributed by atoms with Crippen molar-refractivity contribution >= 4 is 41.1 Å². The van der Waals surface area contributed by atoms with Crippen molar-refractivity contribution in [3.63, 3.8) is 0 Å². The molecule has 3 rings (SSSR count). The van der Waals surface area contributed by atoms with E-state index in [4.69, 9.17) is 17.0 Å². The maximum absolute atomic E-state index is 12.8. The lowest BCUT2D eigenvalue weighted by molar-refractivity contribution is 0.0988. The van der Waals surface area contributed by atoms with Gasteiger partial charge in [-0.05, 0) is 55.0 Å². The Kier molecular flexibility index (Phi) is 6.24. The summed E-state index contributed by atoms with van der Waals surface area (Å²) in [7, 11) is 1.61. The number of ether oxygens (including phenoxy) is 1. The Bertz CT molecular complexity index is 933. The number of benzene rings is 2. The number of hydrogen-bond acceptors (Lipinski definition) is 6. The molecule has 26 heavy (non-hydrogen) atoms.